The molecule has 1 aromatic carbocycles. The Bertz CT molecular complexity index is 561. The number of phenolic OH excluding ortho intramolecular Hbond substituents is 2. The zero-order chi connectivity index (χ0) is 17.8. The molecule has 0 saturated carbocycles. The molecule has 1 rings (SSSR count). The van der Waals surface area contributed by atoms with Crippen molar-refractivity contribution >= 4 is 17.6 Å². The average Bonchev–Trinajstić information content (AvgIpc) is 2.55. The van der Waals surface area contributed by atoms with Gasteiger partial charge in [0.1, 0.15) is 5.78 Å². The molecule has 4 nitrogen and oxygen atoms in total. The second-order valence-electron chi connectivity index (χ2n) is 6.13. The summed E-state index contributed by atoms with van der Waals surface area (Å²) in [5, 5.41) is 18.6. The van der Waals surface area contributed by atoms with Gasteiger partial charge in [-0.1, -0.05) is 57.6 Å². The van der Waals surface area contributed by atoms with Gasteiger partial charge in [0.05, 0.1) is 6.42 Å². The van der Waals surface area contributed by atoms with Crippen LogP contribution in [0.2, 0.25) is 0 Å². The maximum atomic E-state index is 11.8. The molecule has 0 saturated heterocycles. The fraction of sp³-hybridized carbons (Fsp3) is 0.500. The average molecular weight is 332 g/mol. The number of benzene rings is 1. The summed E-state index contributed by atoms with van der Waals surface area (Å²) in [6.45, 7) is 2.19. The molecule has 0 aromatic heterocycles. The van der Waals surface area contributed by atoms with Crippen LogP contribution in [0.25, 0.3) is 6.08 Å². The summed E-state index contributed by atoms with van der Waals surface area (Å²) in [5.74, 6) is -0.703. The lowest BCUT2D eigenvalue weighted by atomic mass is 10.0. The first-order valence-corrected chi connectivity index (χ1v) is 8.77. The van der Waals surface area contributed by atoms with E-state index in [1.165, 1.54) is 50.0 Å². The van der Waals surface area contributed by atoms with Crippen molar-refractivity contribution in [3.05, 3.63) is 29.8 Å². The highest BCUT2D eigenvalue weighted by atomic mass is 16.3. The van der Waals surface area contributed by atoms with Gasteiger partial charge in [-0.25, -0.2) is 0 Å². The molecule has 24 heavy (non-hydrogen) atoms. The van der Waals surface area contributed by atoms with Crippen LogP contribution >= 0.6 is 0 Å². The van der Waals surface area contributed by atoms with E-state index in [1.807, 2.05) is 0 Å². The molecule has 132 valence electrons. The molecular formula is C20H28O4. The standard InChI is InChI=1S/C20H28O4/c1-2-3-4-5-6-7-8-9-17(21)15-18(22)12-10-16-11-13-19(23)20(24)14-16/h10-14,23-24H,2-9,15H2,1H3/b12-10+. The molecule has 0 fully saturated rings. The van der Waals surface area contributed by atoms with Gasteiger partial charge >= 0.3 is 0 Å². The summed E-state index contributed by atoms with van der Waals surface area (Å²) < 4.78 is 0. The molecule has 0 heterocycles. The van der Waals surface area contributed by atoms with E-state index >= 15 is 0 Å². The second-order valence-corrected chi connectivity index (χ2v) is 6.13. The van der Waals surface area contributed by atoms with Gasteiger partial charge in [-0.05, 0) is 30.2 Å². The predicted molar refractivity (Wildman–Crippen MR) is 96.0 cm³/mol. The summed E-state index contributed by atoms with van der Waals surface area (Å²) in [6.07, 6.45) is 11.3. The highest BCUT2D eigenvalue weighted by molar-refractivity contribution is 6.06. The van der Waals surface area contributed by atoms with E-state index in [9.17, 15) is 19.8 Å². The topological polar surface area (TPSA) is 74.6 Å². The molecular weight excluding hydrogens is 304 g/mol. The molecule has 2 N–H and O–H groups in total. The van der Waals surface area contributed by atoms with Gasteiger partial charge < -0.3 is 10.2 Å². The predicted octanol–water partition coefficient (Wildman–Crippen LogP) is 4.78. The van der Waals surface area contributed by atoms with Gasteiger partial charge in [-0.3, -0.25) is 9.59 Å². The fourth-order valence-electron chi connectivity index (χ4n) is 2.45. The zero-order valence-corrected chi connectivity index (χ0v) is 14.5. The molecule has 0 aliphatic heterocycles. The van der Waals surface area contributed by atoms with Crippen molar-refractivity contribution < 1.29 is 19.8 Å². The summed E-state index contributed by atoms with van der Waals surface area (Å²) in [7, 11) is 0. The Morgan fingerprint density at radius 3 is 2.29 bits per heavy atom. The molecule has 0 aliphatic rings. The van der Waals surface area contributed by atoms with Crippen LogP contribution < -0.4 is 0 Å². The Morgan fingerprint density at radius 2 is 1.62 bits per heavy atom. The Kier molecular flexibility index (Phi) is 9.51. The number of Topliss-reactive ketones (excluding diaryl/α,β-unsaturated/α-hetero) is 1. The number of rotatable bonds is 12. The SMILES string of the molecule is CCCCCCCCCC(=O)CC(=O)/C=C/c1ccc(O)c(O)c1. The summed E-state index contributed by atoms with van der Waals surface area (Å²) in [6, 6.07) is 4.30. The van der Waals surface area contributed by atoms with E-state index in [0.29, 0.717) is 12.0 Å². The van der Waals surface area contributed by atoms with Crippen LogP contribution in [0.3, 0.4) is 0 Å². The third kappa shape index (κ3) is 8.51. The molecule has 1 aromatic rings. The van der Waals surface area contributed by atoms with E-state index < -0.39 is 0 Å². The lowest BCUT2D eigenvalue weighted by Gasteiger charge is -2.01. The molecule has 0 radical (unpaired) electrons. The Morgan fingerprint density at radius 1 is 0.958 bits per heavy atom. The Labute approximate surface area is 144 Å². The number of carbonyl (C=O) groups excluding carboxylic acids is 2. The van der Waals surface area contributed by atoms with Gasteiger partial charge in [-0.15, -0.1) is 0 Å². The first kappa shape index (κ1) is 19.9. The maximum absolute atomic E-state index is 11.8. The van der Waals surface area contributed by atoms with Crippen LogP contribution in [0.4, 0.5) is 0 Å². The van der Waals surface area contributed by atoms with Crippen LogP contribution in [-0.4, -0.2) is 21.8 Å². The minimum atomic E-state index is -0.240. The Balaban J connectivity index is 2.23. The molecule has 0 amide bonds. The first-order chi connectivity index (χ1) is 11.5. The smallest absolute Gasteiger partial charge is 0.163 e. The van der Waals surface area contributed by atoms with Crippen LogP contribution in [0, 0.1) is 0 Å². The van der Waals surface area contributed by atoms with Gasteiger partial charge in [0.25, 0.3) is 0 Å². The van der Waals surface area contributed by atoms with E-state index in [2.05, 4.69) is 6.92 Å². The molecule has 0 spiro atoms. The largest absolute Gasteiger partial charge is 0.504 e. The van der Waals surface area contributed by atoms with E-state index in [4.69, 9.17) is 0 Å². The van der Waals surface area contributed by atoms with Crippen molar-refractivity contribution in [2.24, 2.45) is 0 Å². The number of aromatic hydroxyl groups is 2. The van der Waals surface area contributed by atoms with Crippen molar-refractivity contribution in [3.8, 4) is 11.5 Å². The van der Waals surface area contributed by atoms with Crippen LogP contribution in [0.5, 0.6) is 11.5 Å². The van der Waals surface area contributed by atoms with E-state index in [0.717, 1.165) is 19.3 Å². The normalized spacial score (nSPS) is 11.0. The van der Waals surface area contributed by atoms with Crippen LogP contribution in [-0.2, 0) is 9.59 Å². The lowest BCUT2D eigenvalue weighted by Crippen LogP contribution is -2.05. The second kappa shape index (κ2) is 11.4. The first-order valence-electron chi connectivity index (χ1n) is 8.77. The number of hydrogen-bond acceptors (Lipinski definition) is 4. The lowest BCUT2D eigenvalue weighted by molar-refractivity contribution is -0.124. The molecule has 0 atom stereocenters. The van der Waals surface area contributed by atoms with Crippen molar-refractivity contribution in [2.75, 3.05) is 0 Å². The van der Waals surface area contributed by atoms with Gasteiger partial charge in [0, 0.05) is 6.42 Å². The quantitative estimate of drug-likeness (QED) is 0.250. The summed E-state index contributed by atoms with van der Waals surface area (Å²) in [4.78, 5) is 23.5. The van der Waals surface area contributed by atoms with E-state index in [-0.39, 0.29) is 29.5 Å². The monoisotopic (exact) mass is 332 g/mol. The van der Waals surface area contributed by atoms with Crippen molar-refractivity contribution in [2.45, 2.75) is 64.7 Å². The molecule has 0 bridgehead atoms. The number of allylic oxidation sites excluding steroid dienone is 1. The zero-order valence-electron chi connectivity index (χ0n) is 14.5. The number of hydrogen-bond donors (Lipinski definition) is 2. The van der Waals surface area contributed by atoms with Gasteiger partial charge in [0.15, 0.2) is 17.3 Å². The highest BCUT2D eigenvalue weighted by Crippen LogP contribution is 2.25. The van der Waals surface area contributed by atoms with E-state index in [1.54, 1.807) is 6.07 Å². The third-order valence-electron chi connectivity index (χ3n) is 3.89. The van der Waals surface area contributed by atoms with Crippen molar-refractivity contribution in [3.63, 3.8) is 0 Å². The minimum Gasteiger partial charge on any atom is -0.504 e. The number of unbranched alkanes of at least 4 members (excludes halogenated alkanes) is 6. The molecule has 0 aliphatic carbocycles. The summed E-state index contributed by atoms with van der Waals surface area (Å²) >= 11 is 0. The van der Waals surface area contributed by atoms with Crippen LogP contribution in [0.15, 0.2) is 24.3 Å². The Hall–Kier alpha value is -2.10. The van der Waals surface area contributed by atoms with Crippen LogP contribution in [0.1, 0.15) is 70.3 Å². The molecule has 0 unspecified atom stereocenters. The number of ketones is 2. The minimum absolute atomic E-state index is 0.0215. The maximum Gasteiger partial charge on any atom is 0.163 e. The van der Waals surface area contributed by atoms with Gasteiger partial charge in [0.2, 0.25) is 0 Å². The number of phenols is 2. The van der Waals surface area contributed by atoms with Crippen molar-refractivity contribution in [1.82, 2.24) is 0 Å². The fourth-order valence-corrected chi connectivity index (χ4v) is 2.45. The number of carbonyl (C=O) groups is 2. The van der Waals surface area contributed by atoms with Gasteiger partial charge in [-0.2, -0.15) is 0 Å². The highest BCUT2D eigenvalue weighted by Gasteiger charge is 2.07. The molecule has 4 heteroatoms. The summed E-state index contributed by atoms with van der Waals surface area (Å²) in [5.41, 5.74) is 0.596. The van der Waals surface area contributed by atoms with Crippen molar-refractivity contribution in [1.29, 1.82) is 0 Å². The third-order valence-corrected chi connectivity index (χ3v) is 3.89.